The maximum atomic E-state index is 13.4. The average Bonchev–Trinajstić information content (AvgIpc) is 2.73. The molecule has 0 atom stereocenters. The van der Waals surface area contributed by atoms with Crippen molar-refractivity contribution in [3.05, 3.63) is 54.4 Å². The van der Waals surface area contributed by atoms with Crippen LogP contribution in [0.5, 0.6) is 5.75 Å². The Labute approximate surface area is 178 Å². The number of likely N-dealkylation sites (N-methyl/N-ethyl adjacent to an activating group) is 1. The van der Waals surface area contributed by atoms with E-state index in [-0.39, 0.29) is 11.4 Å². The van der Waals surface area contributed by atoms with Gasteiger partial charge < -0.3 is 20.3 Å². The van der Waals surface area contributed by atoms with E-state index in [0.717, 1.165) is 18.2 Å². The molecule has 3 rings (SSSR count). The molecule has 2 heterocycles. The summed E-state index contributed by atoms with van der Waals surface area (Å²) < 4.78 is 44.9. The van der Waals surface area contributed by atoms with Crippen LogP contribution in [0.15, 0.2) is 48.8 Å². The molecule has 0 fully saturated rings. The number of ether oxygens (including phenoxy) is 1. The van der Waals surface area contributed by atoms with Crippen LogP contribution in [0, 0.1) is 0 Å². The van der Waals surface area contributed by atoms with Crippen molar-refractivity contribution in [3.63, 3.8) is 0 Å². The van der Waals surface area contributed by atoms with Gasteiger partial charge in [-0.2, -0.15) is 18.2 Å². The van der Waals surface area contributed by atoms with Crippen molar-refractivity contribution in [1.82, 2.24) is 19.9 Å². The summed E-state index contributed by atoms with van der Waals surface area (Å²) in [4.78, 5) is 14.9. The number of hydrogen-bond donors (Lipinski definition) is 2. The molecule has 10 heteroatoms. The number of pyridine rings is 1. The Morgan fingerprint density at radius 2 is 1.77 bits per heavy atom. The number of aromatic nitrogens is 3. The van der Waals surface area contributed by atoms with E-state index in [2.05, 4.69) is 25.6 Å². The summed E-state index contributed by atoms with van der Waals surface area (Å²) in [5.41, 5.74) is 0.776. The summed E-state index contributed by atoms with van der Waals surface area (Å²) in [5.74, 6) is 0.472. The number of halogens is 3. The molecule has 0 amide bonds. The number of methoxy groups -OCH3 is 1. The number of nitrogens with zero attached hydrogens (tertiary/aromatic N) is 4. The van der Waals surface area contributed by atoms with Crippen LogP contribution in [0.1, 0.15) is 5.56 Å². The lowest BCUT2D eigenvalue weighted by Crippen LogP contribution is -2.21. The van der Waals surface area contributed by atoms with Crippen LogP contribution < -0.4 is 15.4 Å². The lowest BCUT2D eigenvalue weighted by Gasteiger charge is -2.15. The summed E-state index contributed by atoms with van der Waals surface area (Å²) in [7, 11) is 5.10. The molecule has 31 heavy (non-hydrogen) atoms. The largest absolute Gasteiger partial charge is 0.496 e. The zero-order valence-corrected chi connectivity index (χ0v) is 17.4. The first-order valence-corrected chi connectivity index (χ1v) is 9.46. The Morgan fingerprint density at radius 3 is 2.42 bits per heavy atom. The maximum absolute atomic E-state index is 13.4. The van der Waals surface area contributed by atoms with Gasteiger partial charge >= 0.3 is 6.18 Å². The van der Waals surface area contributed by atoms with Crippen LogP contribution in [-0.2, 0) is 6.18 Å². The topological polar surface area (TPSA) is 75.2 Å². The fourth-order valence-electron chi connectivity index (χ4n) is 2.81. The van der Waals surface area contributed by atoms with E-state index >= 15 is 0 Å². The monoisotopic (exact) mass is 432 g/mol. The molecule has 0 radical (unpaired) electrons. The van der Waals surface area contributed by atoms with Gasteiger partial charge in [0, 0.05) is 42.8 Å². The predicted octanol–water partition coefficient (Wildman–Crippen LogP) is 4.28. The van der Waals surface area contributed by atoms with Crippen LogP contribution in [0.2, 0.25) is 0 Å². The molecule has 0 aliphatic carbocycles. The third kappa shape index (κ3) is 6.05. The Hall–Kier alpha value is -3.40. The van der Waals surface area contributed by atoms with E-state index in [4.69, 9.17) is 4.74 Å². The summed E-state index contributed by atoms with van der Waals surface area (Å²) >= 11 is 0. The summed E-state index contributed by atoms with van der Waals surface area (Å²) in [6.07, 6.45) is -1.26. The van der Waals surface area contributed by atoms with Gasteiger partial charge in [-0.05, 0) is 44.4 Å². The first-order chi connectivity index (χ1) is 14.8. The molecule has 0 unspecified atom stereocenters. The number of anilines is 3. The number of nitrogens with one attached hydrogen (secondary N) is 2. The second-order valence-electron chi connectivity index (χ2n) is 6.97. The van der Waals surface area contributed by atoms with E-state index in [1.165, 1.54) is 19.2 Å². The number of alkyl halides is 3. The standard InChI is InChI=1S/C21H23F3N6O/c1-30(2)11-10-26-20-28-17(14-6-8-25-9-7-14)13-19(29-20)27-15-4-5-18(31-3)16(12-15)21(22,23)24/h4-9,12-13H,10-11H2,1-3H3,(H2,26,27,28,29). The molecular weight excluding hydrogens is 409 g/mol. The highest BCUT2D eigenvalue weighted by atomic mass is 19.4. The fraction of sp³-hybridized carbons (Fsp3) is 0.286. The van der Waals surface area contributed by atoms with Crippen molar-refractivity contribution in [2.75, 3.05) is 44.9 Å². The highest BCUT2D eigenvalue weighted by Gasteiger charge is 2.34. The molecule has 3 aromatic rings. The Balaban J connectivity index is 1.94. The molecule has 2 N–H and O–H groups in total. The second kappa shape index (κ2) is 9.61. The van der Waals surface area contributed by atoms with Crippen molar-refractivity contribution in [2.45, 2.75) is 6.18 Å². The summed E-state index contributed by atoms with van der Waals surface area (Å²) in [6.45, 7) is 1.37. The van der Waals surface area contributed by atoms with Crippen molar-refractivity contribution >= 4 is 17.5 Å². The van der Waals surface area contributed by atoms with Gasteiger partial charge in [0.25, 0.3) is 0 Å². The minimum Gasteiger partial charge on any atom is -0.496 e. The van der Waals surface area contributed by atoms with Crippen LogP contribution in [0.3, 0.4) is 0 Å². The zero-order chi connectivity index (χ0) is 22.4. The molecule has 7 nitrogen and oxygen atoms in total. The van der Waals surface area contributed by atoms with Gasteiger partial charge in [-0.3, -0.25) is 4.98 Å². The minimum absolute atomic E-state index is 0.228. The van der Waals surface area contributed by atoms with E-state index < -0.39 is 11.7 Å². The highest BCUT2D eigenvalue weighted by molar-refractivity contribution is 5.68. The number of benzene rings is 1. The lowest BCUT2D eigenvalue weighted by atomic mass is 10.1. The van der Waals surface area contributed by atoms with Gasteiger partial charge in [-0.25, -0.2) is 4.98 Å². The van der Waals surface area contributed by atoms with Crippen LogP contribution in [0.25, 0.3) is 11.3 Å². The van der Waals surface area contributed by atoms with E-state index in [1.54, 1.807) is 30.6 Å². The Bertz CT molecular complexity index is 1010. The summed E-state index contributed by atoms with van der Waals surface area (Å²) in [6, 6.07) is 9.03. The molecule has 0 saturated heterocycles. The quantitative estimate of drug-likeness (QED) is 0.550. The molecule has 0 aliphatic heterocycles. The molecule has 0 bridgehead atoms. The van der Waals surface area contributed by atoms with Crippen LogP contribution >= 0.6 is 0 Å². The smallest absolute Gasteiger partial charge is 0.420 e. The highest BCUT2D eigenvalue weighted by Crippen LogP contribution is 2.38. The normalized spacial score (nSPS) is 11.5. The van der Waals surface area contributed by atoms with Gasteiger partial charge in [0.05, 0.1) is 18.4 Å². The molecular formula is C21H23F3N6O. The number of rotatable bonds is 8. The van der Waals surface area contributed by atoms with E-state index in [1.807, 2.05) is 19.0 Å². The Morgan fingerprint density at radius 1 is 1.03 bits per heavy atom. The maximum Gasteiger partial charge on any atom is 0.420 e. The van der Waals surface area contributed by atoms with Crippen molar-refractivity contribution in [3.8, 4) is 17.0 Å². The lowest BCUT2D eigenvalue weighted by molar-refractivity contribution is -0.138. The average molecular weight is 432 g/mol. The van der Waals surface area contributed by atoms with Crippen molar-refractivity contribution in [1.29, 1.82) is 0 Å². The minimum atomic E-state index is -4.55. The van der Waals surface area contributed by atoms with Gasteiger partial charge in [0.2, 0.25) is 5.95 Å². The Kier molecular flexibility index (Phi) is 6.91. The van der Waals surface area contributed by atoms with Crippen molar-refractivity contribution in [2.24, 2.45) is 0 Å². The predicted molar refractivity (Wildman–Crippen MR) is 114 cm³/mol. The molecule has 164 valence electrons. The third-order valence-corrected chi connectivity index (χ3v) is 4.32. The van der Waals surface area contributed by atoms with Crippen LogP contribution in [-0.4, -0.2) is 54.1 Å². The van der Waals surface area contributed by atoms with Gasteiger partial charge in [-0.15, -0.1) is 0 Å². The zero-order valence-electron chi connectivity index (χ0n) is 17.4. The van der Waals surface area contributed by atoms with Gasteiger partial charge in [0.15, 0.2) is 0 Å². The van der Waals surface area contributed by atoms with E-state index in [9.17, 15) is 13.2 Å². The SMILES string of the molecule is COc1ccc(Nc2cc(-c3ccncc3)nc(NCCN(C)C)n2)cc1C(F)(F)F. The molecule has 2 aromatic heterocycles. The van der Waals surface area contributed by atoms with E-state index in [0.29, 0.717) is 24.0 Å². The molecule has 0 aliphatic rings. The molecule has 0 spiro atoms. The molecule has 1 aromatic carbocycles. The van der Waals surface area contributed by atoms with Crippen LogP contribution in [0.4, 0.5) is 30.6 Å². The number of hydrogen-bond acceptors (Lipinski definition) is 7. The first-order valence-electron chi connectivity index (χ1n) is 9.46. The summed E-state index contributed by atoms with van der Waals surface area (Å²) in [5, 5.41) is 6.09. The second-order valence-corrected chi connectivity index (χ2v) is 6.97. The van der Waals surface area contributed by atoms with Crippen molar-refractivity contribution < 1.29 is 17.9 Å². The molecule has 0 saturated carbocycles. The fourth-order valence-corrected chi connectivity index (χ4v) is 2.81. The van der Waals surface area contributed by atoms with Gasteiger partial charge in [-0.1, -0.05) is 0 Å². The first kappa shape index (κ1) is 22.3. The van der Waals surface area contributed by atoms with Gasteiger partial charge in [0.1, 0.15) is 11.6 Å². The third-order valence-electron chi connectivity index (χ3n) is 4.32.